The lowest BCUT2D eigenvalue weighted by molar-refractivity contribution is -0.136. The Labute approximate surface area is 163 Å². The molecule has 1 heterocycles. The van der Waals surface area contributed by atoms with Gasteiger partial charge in [-0.2, -0.15) is 13.2 Å². The number of rotatable bonds is 6. The summed E-state index contributed by atoms with van der Waals surface area (Å²) in [6.07, 6.45) is -3.00. The van der Waals surface area contributed by atoms with E-state index in [0.29, 0.717) is 17.1 Å². The maximum absolute atomic E-state index is 13.5. The number of fused-ring (bicyclic) bond motifs is 1. The molecule has 1 amide bonds. The summed E-state index contributed by atoms with van der Waals surface area (Å²) >= 11 is 1.07. The molecule has 0 aliphatic heterocycles. The molecule has 28 heavy (non-hydrogen) atoms. The molecular weight excluding hydrogens is 387 g/mol. The third-order valence-corrected chi connectivity index (χ3v) is 4.80. The van der Waals surface area contributed by atoms with Crippen molar-refractivity contribution in [3.63, 3.8) is 0 Å². The fraction of sp³-hybridized carbons (Fsp3) is 0.150. The van der Waals surface area contributed by atoms with E-state index in [2.05, 4.69) is 21.9 Å². The van der Waals surface area contributed by atoms with Crippen molar-refractivity contribution in [2.24, 2.45) is 0 Å². The Morgan fingerprint density at radius 3 is 2.54 bits per heavy atom. The zero-order valence-electron chi connectivity index (χ0n) is 14.7. The van der Waals surface area contributed by atoms with E-state index in [1.165, 1.54) is 12.1 Å². The van der Waals surface area contributed by atoms with Gasteiger partial charge in [0.15, 0.2) is 5.82 Å². The maximum Gasteiger partial charge on any atom is 0.418 e. The van der Waals surface area contributed by atoms with Crippen molar-refractivity contribution in [3.8, 4) is 11.4 Å². The molecule has 144 valence electrons. The third kappa shape index (κ3) is 4.51. The van der Waals surface area contributed by atoms with Crippen molar-refractivity contribution >= 4 is 28.6 Å². The average molecular weight is 403 g/mol. The summed E-state index contributed by atoms with van der Waals surface area (Å²) in [5.74, 6) is -0.0616. The summed E-state index contributed by atoms with van der Waals surface area (Å²) in [7, 11) is 0. The highest BCUT2D eigenvalue weighted by molar-refractivity contribution is 8.00. The quantitative estimate of drug-likeness (QED) is 0.368. The first-order valence-corrected chi connectivity index (χ1v) is 9.32. The summed E-state index contributed by atoms with van der Waals surface area (Å²) < 4.78 is 40.5. The summed E-state index contributed by atoms with van der Waals surface area (Å²) in [6.45, 7) is 3.84. The van der Waals surface area contributed by atoms with Crippen molar-refractivity contribution in [1.29, 1.82) is 0 Å². The highest BCUT2D eigenvalue weighted by Crippen LogP contribution is 2.37. The molecule has 8 heteroatoms. The predicted molar refractivity (Wildman–Crippen MR) is 104 cm³/mol. The van der Waals surface area contributed by atoms with E-state index in [4.69, 9.17) is 0 Å². The van der Waals surface area contributed by atoms with E-state index in [1.807, 2.05) is 0 Å². The largest absolute Gasteiger partial charge is 0.418 e. The van der Waals surface area contributed by atoms with Gasteiger partial charge in [0.05, 0.1) is 16.8 Å². The number of carbonyl (C=O) groups is 1. The first-order valence-electron chi connectivity index (χ1n) is 8.34. The molecule has 0 aliphatic carbocycles. The molecule has 0 atom stereocenters. The zero-order chi connectivity index (χ0) is 20.1. The van der Waals surface area contributed by atoms with Crippen LogP contribution < -0.4 is 5.32 Å². The molecule has 4 nitrogen and oxygen atoms in total. The van der Waals surface area contributed by atoms with E-state index in [0.717, 1.165) is 17.8 Å². The van der Waals surface area contributed by atoms with Crippen molar-refractivity contribution in [2.45, 2.75) is 11.2 Å². The molecule has 0 radical (unpaired) electrons. The molecule has 0 unspecified atom stereocenters. The number of benzene rings is 2. The first kappa shape index (κ1) is 19.9. The molecule has 0 saturated carbocycles. The number of halogens is 3. The van der Waals surface area contributed by atoms with Crippen LogP contribution in [-0.4, -0.2) is 28.2 Å². The number of hydrogen-bond acceptors (Lipinski definition) is 4. The minimum Gasteiger partial charge on any atom is -0.352 e. The number of para-hydroxylation sites is 1. The summed E-state index contributed by atoms with van der Waals surface area (Å²) in [5.41, 5.74) is -0.417. The van der Waals surface area contributed by atoms with Crippen LogP contribution in [0.4, 0.5) is 13.2 Å². The molecule has 2 aromatic carbocycles. The van der Waals surface area contributed by atoms with E-state index in [1.54, 1.807) is 36.4 Å². The minimum atomic E-state index is -4.55. The number of aromatic nitrogens is 2. The predicted octanol–water partition coefficient (Wildman–Crippen LogP) is 4.71. The van der Waals surface area contributed by atoms with Crippen LogP contribution in [0.1, 0.15) is 5.56 Å². The van der Waals surface area contributed by atoms with Crippen LogP contribution in [0, 0.1) is 0 Å². The van der Waals surface area contributed by atoms with Crippen LogP contribution in [-0.2, 0) is 11.0 Å². The van der Waals surface area contributed by atoms with Gasteiger partial charge in [-0.25, -0.2) is 9.97 Å². The number of carbonyl (C=O) groups excluding carboxylic acids is 1. The second-order valence-corrected chi connectivity index (χ2v) is 6.76. The molecular formula is C20H16F3N3OS. The summed E-state index contributed by atoms with van der Waals surface area (Å²) in [4.78, 5) is 20.5. The number of amides is 1. The van der Waals surface area contributed by atoms with Crippen LogP contribution in [0.25, 0.3) is 22.3 Å². The molecule has 1 aromatic heterocycles. The van der Waals surface area contributed by atoms with Gasteiger partial charge in [0, 0.05) is 17.5 Å². The van der Waals surface area contributed by atoms with Crippen LogP contribution in [0.15, 0.2) is 66.2 Å². The molecule has 3 aromatic rings. The Hall–Kier alpha value is -2.87. The lowest BCUT2D eigenvalue weighted by Crippen LogP contribution is -2.25. The normalized spacial score (nSPS) is 11.4. The van der Waals surface area contributed by atoms with Gasteiger partial charge >= 0.3 is 6.18 Å². The highest BCUT2D eigenvalue weighted by atomic mass is 32.2. The van der Waals surface area contributed by atoms with Crippen LogP contribution in [0.5, 0.6) is 0 Å². The van der Waals surface area contributed by atoms with Gasteiger partial charge in [-0.1, -0.05) is 60.3 Å². The zero-order valence-corrected chi connectivity index (χ0v) is 15.5. The number of alkyl halides is 3. The average Bonchev–Trinajstić information content (AvgIpc) is 2.69. The standard InChI is InChI=1S/C20H16F3N3OS/c1-2-11-24-16(27)12-28-19-14-9-6-10-15(20(21,22)23)17(14)25-18(26-19)13-7-4-3-5-8-13/h2-10H,1,11-12H2,(H,24,27). The Morgan fingerprint density at radius 2 is 1.86 bits per heavy atom. The Morgan fingerprint density at radius 1 is 1.11 bits per heavy atom. The maximum atomic E-state index is 13.5. The number of nitrogens with one attached hydrogen (secondary N) is 1. The van der Waals surface area contributed by atoms with E-state index < -0.39 is 11.7 Å². The molecule has 0 aliphatic rings. The highest BCUT2D eigenvalue weighted by Gasteiger charge is 2.34. The van der Waals surface area contributed by atoms with Crippen molar-refractivity contribution in [1.82, 2.24) is 15.3 Å². The Balaban J connectivity index is 2.10. The van der Waals surface area contributed by atoms with Crippen molar-refractivity contribution in [2.75, 3.05) is 12.3 Å². The molecule has 0 spiro atoms. The van der Waals surface area contributed by atoms with E-state index >= 15 is 0 Å². The molecule has 0 fully saturated rings. The van der Waals surface area contributed by atoms with Crippen LogP contribution >= 0.6 is 11.8 Å². The van der Waals surface area contributed by atoms with Crippen molar-refractivity contribution in [3.05, 3.63) is 66.7 Å². The second kappa shape index (κ2) is 8.43. The van der Waals surface area contributed by atoms with E-state index in [-0.39, 0.29) is 28.4 Å². The lowest BCUT2D eigenvalue weighted by atomic mass is 10.1. The SMILES string of the molecule is C=CCNC(=O)CSc1nc(-c2ccccc2)nc2c(C(F)(F)F)cccc12. The Kier molecular flexibility index (Phi) is 5.99. The fourth-order valence-corrected chi connectivity index (χ4v) is 3.39. The van der Waals surface area contributed by atoms with Crippen LogP contribution in [0.2, 0.25) is 0 Å². The minimum absolute atomic E-state index is 0.0183. The van der Waals surface area contributed by atoms with Crippen LogP contribution in [0.3, 0.4) is 0 Å². The van der Waals surface area contributed by atoms with Gasteiger partial charge in [-0.15, -0.1) is 6.58 Å². The molecule has 1 N–H and O–H groups in total. The fourth-order valence-electron chi connectivity index (χ4n) is 2.55. The van der Waals surface area contributed by atoms with Gasteiger partial charge in [-0.3, -0.25) is 4.79 Å². The smallest absolute Gasteiger partial charge is 0.352 e. The molecule has 0 bridgehead atoms. The van der Waals surface area contributed by atoms with Gasteiger partial charge in [0.1, 0.15) is 5.03 Å². The number of thioether (sulfide) groups is 1. The summed E-state index contributed by atoms with van der Waals surface area (Å²) in [5, 5.41) is 3.21. The number of hydrogen-bond donors (Lipinski definition) is 1. The Bertz CT molecular complexity index is 1010. The van der Waals surface area contributed by atoms with Gasteiger partial charge < -0.3 is 5.32 Å². The van der Waals surface area contributed by atoms with Gasteiger partial charge in [0.25, 0.3) is 0 Å². The topological polar surface area (TPSA) is 54.9 Å². The van der Waals surface area contributed by atoms with Gasteiger partial charge in [-0.05, 0) is 6.07 Å². The lowest BCUT2D eigenvalue weighted by Gasteiger charge is -2.13. The molecule has 0 saturated heterocycles. The second-order valence-electron chi connectivity index (χ2n) is 5.80. The molecule has 3 rings (SSSR count). The summed E-state index contributed by atoms with van der Waals surface area (Å²) in [6, 6.07) is 12.6. The van der Waals surface area contributed by atoms with E-state index in [9.17, 15) is 18.0 Å². The number of nitrogens with zero attached hydrogens (tertiary/aromatic N) is 2. The van der Waals surface area contributed by atoms with Gasteiger partial charge in [0.2, 0.25) is 5.91 Å². The van der Waals surface area contributed by atoms with Crippen molar-refractivity contribution < 1.29 is 18.0 Å². The monoisotopic (exact) mass is 403 g/mol. The first-order chi connectivity index (χ1) is 13.4. The third-order valence-electron chi connectivity index (χ3n) is 3.81.